The lowest BCUT2D eigenvalue weighted by Gasteiger charge is -2.36. The number of methoxy groups -OCH3 is 1. The number of esters is 1. The van der Waals surface area contributed by atoms with Gasteiger partial charge in [-0.15, -0.1) is 0 Å². The van der Waals surface area contributed by atoms with Crippen molar-refractivity contribution in [1.29, 1.82) is 0 Å². The van der Waals surface area contributed by atoms with Gasteiger partial charge >= 0.3 is 12.1 Å². The Morgan fingerprint density at radius 2 is 1.32 bits per heavy atom. The quantitative estimate of drug-likeness (QED) is 0.306. The van der Waals surface area contributed by atoms with E-state index in [0.717, 1.165) is 0 Å². The van der Waals surface area contributed by atoms with Crippen molar-refractivity contribution < 1.29 is 33.4 Å². The Labute approximate surface area is 241 Å². The van der Waals surface area contributed by atoms with Crippen LogP contribution in [-0.2, 0) is 28.7 Å². The van der Waals surface area contributed by atoms with E-state index in [-0.39, 0.29) is 17.8 Å². The largest absolute Gasteiger partial charge is 0.467 e. The maximum atomic E-state index is 13.6. The Bertz CT molecular complexity index is 869. The minimum Gasteiger partial charge on any atom is -0.467 e. The molecule has 0 fully saturated rings. The molecule has 0 aromatic heterocycles. The predicted molar refractivity (Wildman–Crippen MR) is 154 cm³/mol. The number of alkyl carbamates (subject to hydrolysis) is 1. The third kappa shape index (κ3) is 12.1. The molecule has 0 saturated heterocycles. The van der Waals surface area contributed by atoms with Crippen LogP contribution in [0.15, 0.2) is 0 Å². The summed E-state index contributed by atoms with van der Waals surface area (Å²) in [7, 11) is 4.28. The molecule has 0 spiro atoms. The average Bonchev–Trinajstić information content (AvgIpc) is 2.85. The standard InChI is InChI=1S/C29H54N4O7/c1-14-19(6)23(31-28(38)40-29(8,9)10)26(36)32(11)20(7)25(35)33(12)22(16-18(4)5)24(34)30-21(15-17(2)3)27(37)39-13/h17-23H,14-16H2,1-13H3,(H,30,34)(H,31,38)/t19-,20-,21-,22-,23+/m0/s1. The van der Waals surface area contributed by atoms with Crippen LogP contribution in [-0.4, -0.2) is 90.6 Å². The van der Waals surface area contributed by atoms with Gasteiger partial charge in [-0.2, -0.15) is 0 Å². The van der Waals surface area contributed by atoms with Gasteiger partial charge in [-0.05, 0) is 58.3 Å². The molecular weight excluding hydrogens is 516 g/mol. The number of rotatable bonds is 14. The summed E-state index contributed by atoms with van der Waals surface area (Å²) in [4.78, 5) is 67.9. The predicted octanol–water partition coefficient (Wildman–Crippen LogP) is 3.35. The summed E-state index contributed by atoms with van der Waals surface area (Å²) in [6, 6.07) is -3.55. The number of likely N-dealkylation sites (N-methyl/N-ethyl adjacent to an activating group) is 2. The van der Waals surface area contributed by atoms with Crippen molar-refractivity contribution in [2.24, 2.45) is 17.8 Å². The summed E-state index contributed by atoms with van der Waals surface area (Å²) < 4.78 is 10.2. The van der Waals surface area contributed by atoms with Crippen LogP contribution in [0.4, 0.5) is 4.79 Å². The Hall–Kier alpha value is -2.85. The van der Waals surface area contributed by atoms with Crippen LogP contribution in [0.5, 0.6) is 0 Å². The van der Waals surface area contributed by atoms with E-state index < -0.39 is 59.6 Å². The van der Waals surface area contributed by atoms with E-state index in [1.54, 1.807) is 27.7 Å². The molecule has 40 heavy (non-hydrogen) atoms. The topological polar surface area (TPSA) is 134 Å². The molecule has 11 nitrogen and oxygen atoms in total. The average molecular weight is 571 g/mol. The van der Waals surface area contributed by atoms with E-state index in [4.69, 9.17) is 9.47 Å². The summed E-state index contributed by atoms with van der Waals surface area (Å²) >= 11 is 0. The van der Waals surface area contributed by atoms with Gasteiger partial charge in [0, 0.05) is 14.1 Å². The fraction of sp³-hybridized carbons (Fsp3) is 0.828. The van der Waals surface area contributed by atoms with Crippen molar-refractivity contribution in [2.45, 2.75) is 118 Å². The lowest BCUT2D eigenvalue weighted by molar-refractivity contribution is -0.150. The zero-order valence-electron chi connectivity index (χ0n) is 26.9. The Kier molecular flexibility index (Phi) is 15.3. The van der Waals surface area contributed by atoms with Crippen LogP contribution < -0.4 is 10.6 Å². The summed E-state index contributed by atoms with van der Waals surface area (Å²) in [5.74, 6) is -1.94. The van der Waals surface area contributed by atoms with Crippen molar-refractivity contribution in [2.75, 3.05) is 21.2 Å². The number of ether oxygens (including phenoxy) is 2. The van der Waals surface area contributed by atoms with Gasteiger partial charge < -0.3 is 29.9 Å². The number of hydrogen-bond acceptors (Lipinski definition) is 7. The molecule has 0 rings (SSSR count). The molecule has 0 unspecified atom stereocenters. The van der Waals surface area contributed by atoms with Crippen LogP contribution in [0.2, 0.25) is 0 Å². The lowest BCUT2D eigenvalue weighted by Crippen LogP contribution is -2.59. The molecule has 232 valence electrons. The monoisotopic (exact) mass is 570 g/mol. The molecule has 4 amide bonds. The molecule has 0 aliphatic rings. The van der Waals surface area contributed by atoms with E-state index in [2.05, 4.69) is 10.6 Å². The van der Waals surface area contributed by atoms with E-state index in [0.29, 0.717) is 19.3 Å². The van der Waals surface area contributed by atoms with E-state index in [1.807, 2.05) is 41.5 Å². The highest BCUT2D eigenvalue weighted by atomic mass is 16.6. The normalized spacial score (nSPS) is 15.4. The van der Waals surface area contributed by atoms with Gasteiger partial charge in [0.2, 0.25) is 17.7 Å². The zero-order chi connectivity index (χ0) is 31.5. The van der Waals surface area contributed by atoms with Crippen molar-refractivity contribution >= 4 is 29.8 Å². The molecule has 0 bridgehead atoms. The van der Waals surface area contributed by atoms with Crippen molar-refractivity contribution in [1.82, 2.24) is 20.4 Å². The van der Waals surface area contributed by atoms with Gasteiger partial charge in [-0.25, -0.2) is 9.59 Å². The van der Waals surface area contributed by atoms with Crippen LogP contribution >= 0.6 is 0 Å². The second kappa shape index (κ2) is 16.4. The van der Waals surface area contributed by atoms with Gasteiger partial charge in [0.15, 0.2) is 0 Å². The molecule has 5 atom stereocenters. The minimum atomic E-state index is -0.931. The number of hydrogen-bond donors (Lipinski definition) is 2. The molecule has 0 aromatic carbocycles. The molecule has 0 radical (unpaired) electrons. The van der Waals surface area contributed by atoms with Crippen LogP contribution in [0.25, 0.3) is 0 Å². The fourth-order valence-corrected chi connectivity index (χ4v) is 4.13. The first kappa shape index (κ1) is 37.1. The maximum absolute atomic E-state index is 13.6. The first-order valence-electron chi connectivity index (χ1n) is 14.2. The third-order valence-electron chi connectivity index (χ3n) is 6.76. The van der Waals surface area contributed by atoms with Gasteiger partial charge in [0.25, 0.3) is 0 Å². The van der Waals surface area contributed by atoms with E-state index >= 15 is 0 Å². The molecule has 2 N–H and O–H groups in total. The second-order valence-electron chi connectivity index (χ2n) is 12.4. The highest BCUT2D eigenvalue weighted by Crippen LogP contribution is 2.18. The van der Waals surface area contributed by atoms with Crippen LogP contribution in [0, 0.1) is 17.8 Å². The van der Waals surface area contributed by atoms with E-state index in [1.165, 1.54) is 31.0 Å². The van der Waals surface area contributed by atoms with Crippen molar-refractivity contribution in [3.8, 4) is 0 Å². The number of amides is 4. The molecule has 0 aliphatic carbocycles. The molecule has 0 heterocycles. The first-order chi connectivity index (χ1) is 18.3. The Balaban J connectivity index is 5.91. The van der Waals surface area contributed by atoms with Gasteiger partial charge in [-0.1, -0.05) is 48.0 Å². The summed E-state index contributed by atoms with van der Waals surface area (Å²) in [5.41, 5.74) is -0.737. The number of carbonyl (C=O) groups is 5. The first-order valence-corrected chi connectivity index (χ1v) is 14.2. The molecule has 0 aliphatic heterocycles. The van der Waals surface area contributed by atoms with Gasteiger partial charge in [0.05, 0.1) is 7.11 Å². The smallest absolute Gasteiger partial charge is 0.408 e. The summed E-state index contributed by atoms with van der Waals surface area (Å²) in [6.45, 7) is 18.2. The van der Waals surface area contributed by atoms with Crippen molar-refractivity contribution in [3.63, 3.8) is 0 Å². The molecule has 0 saturated carbocycles. The van der Waals surface area contributed by atoms with Crippen LogP contribution in [0.1, 0.15) is 88.5 Å². The number of nitrogens with zero attached hydrogens (tertiary/aromatic N) is 2. The maximum Gasteiger partial charge on any atom is 0.408 e. The number of nitrogens with one attached hydrogen (secondary N) is 2. The fourth-order valence-electron chi connectivity index (χ4n) is 4.13. The SMILES string of the molecule is CC[C@H](C)[C@@H](NC(=O)OC(C)(C)C)C(=O)N(C)[C@@H](C)C(=O)N(C)[C@@H](CC(C)C)C(=O)N[C@@H](CC(C)C)C(=O)OC. The number of carbonyl (C=O) groups excluding carboxylic acids is 5. The van der Waals surface area contributed by atoms with Gasteiger partial charge in [-0.3, -0.25) is 14.4 Å². The second-order valence-corrected chi connectivity index (χ2v) is 12.4. The molecular formula is C29H54N4O7. The van der Waals surface area contributed by atoms with Crippen molar-refractivity contribution in [3.05, 3.63) is 0 Å². The Morgan fingerprint density at radius 3 is 1.75 bits per heavy atom. The molecule has 11 heteroatoms. The summed E-state index contributed by atoms with van der Waals surface area (Å²) in [5, 5.41) is 5.43. The Morgan fingerprint density at radius 1 is 0.800 bits per heavy atom. The zero-order valence-corrected chi connectivity index (χ0v) is 26.9. The van der Waals surface area contributed by atoms with Gasteiger partial charge in [0.1, 0.15) is 29.8 Å². The highest BCUT2D eigenvalue weighted by Gasteiger charge is 2.37. The molecule has 0 aromatic rings. The van der Waals surface area contributed by atoms with Crippen LogP contribution in [0.3, 0.4) is 0 Å². The highest BCUT2D eigenvalue weighted by molar-refractivity contribution is 5.94. The third-order valence-corrected chi connectivity index (χ3v) is 6.76. The summed E-state index contributed by atoms with van der Waals surface area (Å²) in [6.07, 6.45) is 0.631. The lowest BCUT2D eigenvalue weighted by atomic mass is 9.97. The van der Waals surface area contributed by atoms with E-state index in [9.17, 15) is 24.0 Å². The minimum absolute atomic E-state index is 0.0650.